The molecule has 0 aliphatic heterocycles. The van der Waals surface area contributed by atoms with Gasteiger partial charge in [0.15, 0.2) is 0 Å². The minimum atomic E-state index is -0.228. The Morgan fingerprint density at radius 3 is 1.50 bits per heavy atom. The predicted molar refractivity (Wildman–Crippen MR) is 210 cm³/mol. The minimum Gasteiger partial charge on any atom is -0.311 e. The van der Waals surface area contributed by atoms with Gasteiger partial charge in [-0.15, -0.1) is 0 Å². The molecule has 0 spiro atoms. The standard InChI is InChI=1S/C47H33N3/c1-3-10-34(11-4-1)36-18-24-40(25-19-36)49(41-26-20-37(21-27-41)35-12-5-2-6-13-35)42-28-22-38(23-29-42)39-14-9-15-43(32-39)50-46-17-8-7-16-44(46)45-30-31-48-33-47(45)50/h1-33H/i9D,14D,15D,32D. The van der Waals surface area contributed by atoms with E-state index in [2.05, 4.69) is 82.7 Å². The summed E-state index contributed by atoms with van der Waals surface area (Å²) in [5.74, 6) is 0. The van der Waals surface area contributed by atoms with Crippen LogP contribution in [0.5, 0.6) is 0 Å². The van der Waals surface area contributed by atoms with Gasteiger partial charge in [-0.25, -0.2) is 0 Å². The Balaban J connectivity index is 1.16. The number of pyridine rings is 1. The molecule has 236 valence electrons. The van der Waals surface area contributed by atoms with Crippen LogP contribution in [0.3, 0.4) is 0 Å². The average Bonchev–Trinajstić information content (AvgIpc) is 3.56. The van der Waals surface area contributed by atoms with Gasteiger partial charge in [0.1, 0.15) is 0 Å². The van der Waals surface area contributed by atoms with Gasteiger partial charge in [-0.1, -0.05) is 127 Å². The summed E-state index contributed by atoms with van der Waals surface area (Å²) >= 11 is 0. The highest BCUT2D eigenvalue weighted by Gasteiger charge is 2.15. The van der Waals surface area contributed by atoms with Crippen molar-refractivity contribution < 1.29 is 5.48 Å². The van der Waals surface area contributed by atoms with Crippen LogP contribution in [0.1, 0.15) is 5.48 Å². The molecule has 2 heterocycles. The molecule has 3 heteroatoms. The third-order valence-corrected chi connectivity index (χ3v) is 9.19. The van der Waals surface area contributed by atoms with Gasteiger partial charge in [-0.3, -0.25) is 4.98 Å². The number of hydrogen-bond donors (Lipinski definition) is 0. The highest BCUT2D eigenvalue weighted by molar-refractivity contribution is 6.09. The molecule has 9 aromatic rings. The van der Waals surface area contributed by atoms with E-state index in [4.69, 9.17) is 4.11 Å². The highest BCUT2D eigenvalue weighted by Crippen LogP contribution is 2.38. The van der Waals surface area contributed by atoms with Crippen LogP contribution in [0.2, 0.25) is 0 Å². The van der Waals surface area contributed by atoms with E-state index in [0.29, 0.717) is 11.1 Å². The Morgan fingerprint density at radius 1 is 0.440 bits per heavy atom. The highest BCUT2D eigenvalue weighted by atomic mass is 15.1. The van der Waals surface area contributed by atoms with E-state index < -0.39 is 0 Å². The van der Waals surface area contributed by atoms with Crippen molar-refractivity contribution in [2.24, 2.45) is 0 Å². The molecule has 0 amide bonds. The van der Waals surface area contributed by atoms with Crippen LogP contribution in [-0.2, 0) is 0 Å². The van der Waals surface area contributed by atoms with Gasteiger partial charge >= 0.3 is 0 Å². The topological polar surface area (TPSA) is 21.1 Å². The van der Waals surface area contributed by atoms with Gasteiger partial charge in [0, 0.05) is 39.7 Å². The van der Waals surface area contributed by atoms with E-state index in [-0.39, 0.29) is 29.9 Å². The quantitative estimate of drug-likeness (QED) is 0.172. The molecule has 0 saturated heterocycles. The van der Waals surface area contributed by atoms with E-state index in [9.17, 15) is 1.37 Å². The van der Waals surface area contributed by atoms with E-state index in [1.807, 2.05) is 95.6 Å². The molecule has 0 N–H and O–H groups in total. The number of benzene rings is 7. The summed E-state index contributed by atoms with van der Waals surface area (Å²) in [5.41, 5.74) is 10.1. The maximum absolute atomic E-state index is 9.50. The molecule has 0 aliphatic rings. The lowest BCUT2D eigenvalue weighted by atomic mass is 10.0. The fraction of sp³-hybridized carbons (Fsp3) is 0. The lowest BCUT2D eigenvalue weighted by Gasteiger charge is -2.26. The van der Waals surface area contributed by atoms with Crippen molar-refractivity contribution >= 4 is 38.9 Å². The first kappa shape index (κ1) is 25.3. The Labute approximate surface area is 297 Å². The van der Waals surface area contributed by atoms with Gasteiger partial charge < -0.3 is 9.47 Å². The average molecular weight is 644 g/mol. The smallest absolute Gasteiger partial charge is 0.0724 e. The van der Waals surface area contributed by atoms with Crippen molar-refractivity contribution in [3.05, 3.63) is 200 Å². The number of hydrogen-bond acceptors (Lipinski definition) is 2. The van der Waals surface area contributed by atoms with Crippen LogP contribution < -0.4 is 4.90 Å². The summed E-state index contributed by atoms with van der Waals surface area (Å²) in [6.07, 6.45) is 3.46. The largest absolute Gasteiger partial charge is 0.311 e. The maximum atomic E-state index is 9.50. The summed E-state index contributed by atoms with van der Waals surface area (Å²) in [4.78, 5) is 6.55. The van der Waals surface area contributed by atoms with Crippen LogP contribution in [0, 0.1) is 0 Å². The molecule has 9 rings (SSSR count). The number of anilines is 3. The number of fused-ring (bicyclic) bond motifs is 3. The van der Waals surface area contributed by atoms with Crippen molar-refractivity contribution in [1.82, 2.24) is 9.55 Å². The summed E-state index contributed by atoms with van der Waals surface area (Å²) in [6, 6.07) is 54.7. The van der Waals surface area contributed by atoms with Crippen LogP contribution in [-0.4, -0.2) is 9.55 Å². The molecule has 0 bridgehead atoms. The first-order chi connectivity index (χ1) is 26.5. The molecule has 7 aromatic carbocycles. The Kier molecular flexibility index (Phi) is 6.44. The monoisotopic (exact) mass is 643 g/mol. The zero-order chi connectivity index (χ0) is 36.8. The number of aromatic nitrogens is 2. The minimum absolute atomic E-state index is 0.0186. The normalized spacial score (nSPS) is 12.3. The summed E-state index contributed by atoms with van der Waals surface area (Å²) < 4.78 is 38.2. The summed E-state index contributed by atoms with van der Waals surface area (Å²) in [5, 5.41) is 1.91. The lowest BCUT2D eigenvalue weighted by Crippen LogP contribution is -2.09. The SMILES string of the molecule is [2H]c1c([2H])c(-c2ccc(N(c3ccc(-c4ccccc4)cc3)c3ccc(-c4ccccc4)cc3)cc2)c([2H])c(-n2c3ccccc3c3ccncc32)c1[2H]. The predicted octanol–water partition coefficient (Wildman–Crippen LogP) is 12.6. The number of para-hydroxylation sites is 1. The molecular weight excluding hydrogens is 607 g/mol. The van der Waals surface area contributed by atoms with Crippen LogP contribution in [0.15, 0.2) is 200 Å². The van der Waals surface area contributed by atoms with Gasteiger partial charge in [-0.2, -0.15) is 0 Å². The maximum Gasteiger partial charge on any atom is 0.0724 e. The molecule has 0 saturated carbocycles. The molecule has 0 fully saturated rings. The first-order valence-corrected chi connectivity index (χ1v) is 16.6. The number of nitrogens with zero attached hydrogens (tertiary/aromatic N) is 3. The molecule has 0 aliphatic carbocycles. The Hall–Kier alpha value is -6.71. The van der Waals surface area contributed by atoms with Gasteiger partial charge in [0.25, 0.3) is 0 Å². The third kappa shape index (κ3) is 5.41. The molecule has 2 aromatic heterocycles. The zero-order valence-electron chi connectivity index (χ0n) is 31.1. The second-order valence-electron chi connectivity index (χ2n) is 12.2. The van der Waals surface area contributed by atoms with E-state index in [0.717, 1.165) is 61.1 Å². The Morgan fingerprint density at radius 2 is 0.920 bits per heavy atom. The van der Waals surface area contributed by atoms with Crippen LogP contribution >= 0.6 is 0 Å². The van der Waals surface area contributed by atoms with E-state index in [1.165, 1.54) is 0 Å². The molecule has 0 unspecified atom stereocenters. The third-order valence-electron chi connectivity index (χ3n) is 9.19. The first-order valence-electron chi connectivity index (χ1n) is 18.6. The second-order valence-corrected chi connectivity index (χ2v) is 12.2. The lowest BCUT2D eigenvalue weighted by molar-refractivity contribution is 1.17. The van der Waals surface area contributed by atoms with E-state index in [1.54, 1.807) is 12.4 Å². The van der Waals surface area contributed by atoms with Crippen molar-refractivity contribution in [3.8, 4) is 39.1 Å². The van der Waals surface area contributed by atoms with Crippen molar-refractivity contribution in [1.29, 1.82) is 0 Å². The molecule has 0 atom stereocenters. The van der Waals surface area contributed by atoms with Crippen molar-refractivity contribution in [3.63, 3.8) is 0 Å². The molecular formula is C47H33N3. The zero-order valence-corrected chi connectivity index (χ0v) is 27.1. The molecule has 0 radical (unpaired) electrons. The van der Waals surface area contributed by atoms with Gasteiger partial charge in [0.05, 0.1) is 22.7 Å². The van der Waals surface area contributed by atoms with Gasteiger partial charge in [-0.05, 0) is 94.0 Å². The summed E-state index contributed by atoms with van der Waals surface area (Å²) in [6.45, 7) is 0. The van der Waals surface area contributed by atoms with E-state index >= 15 is 0 Å². The van der Waals surface area contributed by atoms with Gasteiger partial charge in [0.2, 0.25) is 0 Å². The summed E-state index contributed by atoms with van der Waals surface area (Å²) in [7, 11) is 0. The number of rotatable bonds is 7. The van der Waals surface area contributed by atoms with Crippen LogP contribution in [0.25, 0.3) is 60.9 Å². The molecule has 50 heavy (non-hydrogen) atoms. The fourth-order valence-electron chi connectivity index (χ4n) is 6.74. The van der Waals surface area contributed by atoms with Crippen LogP contribution in [0.4, 0.5) is 17.1 Å². The Bertz CT molecular complexity index is 2640. The van der Waals surface area contributed by atoms with Crippen molar-refractivity contribution in [2.75, 3.05) is 4.90 Å². The second kappa shape index (κ2) is 12.7. The molecule has 3 nitrogen and oxygen atoms in total. The fourth-order valence-corrected chi connectivity index (χ4v) is 6.74. The van der Waals surface area contributed by atoms with Crippen molar-refractivity contribution in [2.45, 2.75) is 0 Å².